The predicted octanol–water partition coefficient (Wildman–Crippen LogP) is 3.74. The number of hydrogen-bond donors (Lipinski definition) is 2. The lowest BCUT2D eigenvalue weighted by atomic mass is 10.1. The number of halogens is 1. The maximum Gasteiger partial charge on any atom is 0.306 e. The van der Waals surface area contributed by atoms with Crippen LogP contribution in [0, 0.1) is 15.9 Å². The molecule has 0 saturated heterocycles. The Morgan fingerprint density at radius 1 is 1.13 bits per heavy atom. The molecular weight excluding hydrogens is 393 g/mol. The number of ether oxygens (including phenoxy) is 1. The normalized spacial score (nSPS) is 12.5. The van der Waals surface area contributed by atoms with Gasteiger partial charge in [-0.2, -0.15) is 0 Å². The van der Waals surface area contributed by atoms with Gasteiger partial charge in [-0.1, -0.05) is 24.3 Å². The molecule has 0 aliphatic rings. The molecule has 0 spiro atoms. The van der Waals surface area contributed by atoms with Crippen LogP contribution in [-0.2, 0) is 14.3 Å². The minimum absolute atomic E-state index is 0.0411. The topological polar surface area (TPSA) is 111 Å². The number of anilines is 1. The summed E-state index contributed by atoms with van der Waals surface area (Å²) in [5, 5.41) is 16.6. The lowest BCUT2D eigenvalue weighted by Gasteiger charge is -2.18. The first kappa shape index (κ1) is 22.8. The number of nitro benzene ring substituents is 1. The molecule has 0 fully saturated rings. The first-order valence-corrected chi connectivity index (χ1v) is 9.50. The quantitative estimate of drug-likeness (QED) is 0.264. The Bertz CT molecular complexity index is 888. The highest BCUT2D eigenvalue weighted by molar-refractivity contribution is 5.83. The van der Waals surface area contributed by atoms with Crippen LogP contribution in [0.1, 0.15) is 38.3 Å². The van der Waals surface area contributed by atoms with E-state index in [2.05, 4.69) is 10.6 Å². The minimum atomic E-state index is -0.983. The molecule has 2 aromatic rings. The van der Waals surface area contributed by atoms with Crippen molar-refractivity contribution in [2.24, 2.45) is 0 Å². The minimum Gasteiger partial charge on any atom is -0.453 e. The molecule has 0 aliphatic heterocycles. The van der Waals surface area contributed by atoms with Gasteiger partial charge in [-0.25, -0.2) is 4.39 Å². The van der Waals surface area contributed by atoms with E-state index in [1.165, 1.54) is 25.1 Å². The number of nitrogens with zero attached hydrogens (tertiary/aromatic N) is 1. The van der Waals surface area contributed by atoms with Crippen LogP contribution in [0.3, 0.4) is 0 Å². The van der Waals surface area contributed by atoms with Crippen LogP contribution in [0.25, 0.3) is 0 Å². The Hall–Kier alpha value is -3.49. The van der Waals surface area contributed by atoms with Crippen molar-refractivity contribution in [3.63, 3.8) is 0 Å². The largest absolute Gasteiger partial charge is 0.453 e. The molecular formula is C21H24FN3O5. The Morgan fingerprint density at radius 3 is 2.47 bits per heavy atom. The highest BCUT2D eigenvalue weighted by atomic mass is 19.1. The van der Waals surface area contributed by atoms with Gasteiger partial charge in [0, 0.05) is 19.0 Å². The zero-order valence-corrected chi connectivity index (χ0v) is 16.8. The predicted molar refractivity (Wildman–Crippen MR) is 109 cm³/mol. The number of rotatable bonds is 10. The molecule has 1 amide bonds. The molecule has 2 aromatic carbocycles. The van der Waals surface area contributed by atoms with Crippen molar-refractivity contribution in [3.8, 4) is 0 Å². The number of carbonyl (C=O) groups excluding carboxylic acids is 2. The van der Waals surface area contributed by atoms with E-state index in [9.17, 15) is 24.1 Å². The van der Waals surface area contributed by atoms with Crippen molar-refractivity contribution in [1.29, 1.82) is 0 Å². The fraction of sp³-hybridized carbons (Fsp3) is 0.333. The summed E-state index contributed by atoms with van der Waals surface area (Å²) in [5.41, 5.74) is 1.06. The molecule has 0 aromatic heterocycles. The highest BCUT2D eigenvalue weighted by Crippen LogP contribution is 2.23. The lowest BCUT2D eigenvalue weighted by molar-refractivity contribution is -0.384. The van der Waals surface area contributed by atoms with Gasteiger partial charge in [0.2, 0.25) is 0 Å². The SMILES string of the molecule is CC(OC(=O)CCCNc1ccccc1[N+](=O)[O-])C(=O)NC(C)c1ccc(F)cc1. The molecule has 0 aliphatic carbocycles. The molecule has 160 valence electrons. The Balaban J connectivity index is 1.73. The molecule has 0 heterocycles. The van der Waals surface area contributed by atoms with Gasteiger partial charge >= 0.3 is 5.97 Å². The number of benzene rings is 2. The van der Waals surface area contributed by atoms with E-state index in [1.54, 1.807) is 37.3 Å². The van der Waals surface area contributed by atoms with E-state index in [1.807, 2.05) is 0 Å². The van der Waals surface area contributed by atoms with Crippen LogP contribution >= 0.6 is 0 Å². The van der Waals surface area contributed by atoms with E-state index in [0.717, 1.165) is 5.56 Å². The molecule has 30 heavy (non-hydrogen) atoms. The number of para-hydroxylation sites is 2. The number of nitro groups is 1. The molecule has 0 radical (unpaired) electrons. The maximum absolute atomic E-state index is 13.0. The highest BCUT2D eigenvalue weighted by Gasteiger charge is 2.20. The van der Waals surface area contributed by atoms with Crippen molar-refractivity contribution < 1.29 is 23.6 Å². The zero-order valence-electron chi connectivity index (χ0n) is 16.8. The summed E-state index contributed by atoms with van der Waals surface area (Å²) in [7, 11) is 0. The standard InChI is InChI=1S/C21H24FN3O5/c1-14(16-9-11-17(22)12-10-16)24-21(27)15(2)30-20(26)8-5-13-23-18-6-3-4-7-19(18)25(28)29/h3-4,6-7,9-12,14-15,23H,5,8,13H2,1-2H3,(H,24,27). The fourth-order valence-electron chi connectivity index (χ4n) is 2.71. The van der Waals surface area contributed by atoms with Gasteiger partial charge in [0.1, 0.15) is 11.5 Å². The van der Waals surface area contributed by atoms with Crippen LogP contribution in [0.4, 0.5) is 15.8 Å². The Labute approximate surface area is 173 Å². The molecule has 2 rings (SSSR count). The third-order valence-corrected chi connectivity index (χ3v) is 4.38. The first-order chi connectivity index (χ1) is 14.3. The summed E-state index contributed by atoms with van der Waals surface area (Å²) in [6, 6.07) is 11.6. The summed E-state index contributed by atoms with van der Waals surface area (Å²) in [5.74, 6) is -1.37. The summed E-state index contributed by atoms with van der Waals surface area (Å²) < 4.78 is 18.1. The second-order valence-electron chi connectivity index (χ2n) is 6.72. The number of amides is 1. The number of hydrogen-bond acceptors (Lipinski definition) is 6. The van der Waals surface area contributed by atoms with Gasteiger partial charge in [-0.3, -0.25) is 19.7 Å². The second-order valence-corrected chi connectivity index (χ2v) is 6.72. The molecule has 8 nitrogen and oxygen atoms in total. The summed E-state index contributed by atoms with van der Waals surface area (Å²) >= 11 is 0. The molecule has 2 unspecified atom stereocenters. The van der Waals surface area contributed by atoms with E-state index >= 15 is 0 Å². The van der Waals surface area contributed by atoms with E-state index in [4.69, 9.17) is 4.74 Å². The van der Waals surface area contributed by atoms with E-state index < -0.39 is 22.9 Å². The maximum atomic E-state index is 13.0. The molecule has 2 N–H and O–H groups in total. The second kappa shape index (κ2) is 10.9. The van der Waals surface area contributed by atoms with Gasteiger partial charge in [-0.15, -0.1) is 0 Å². The Kier molecular flexibility index (Phi) is 8.28. The van der Waals surface area contributed by atoms with Gasteiger partial charge in [0.15, 0.2) is 6.10 Å². The van der Waals surface area contributed by atoms with Gasteiger partial charge < -0.3 is 15.4 Å². The average molecular weight is 417 g/mol. The van der Waals surface area contributed by atoms with Crippen LogP contribution in [0.15, 0.2) is 48.5 Å². The van der Waals surface area contributed by atoms with Crippen molar-refractivity contribution in [2.45, 2.75) is 38.8 Å². The third kappa shape index (κ3) is 6.84. The van der Waals surface area contributed by atoms with Crippen LogP contribution in [0.2, 0.25) is 0 Å². The third-order valence-electron chi connectivity index (χ3n) is 4.38. The van der Waals surface area contributed by atoms with E-state index in [0.29, 0.717) is 18.7 Å². The summed E-state index contributed by atoms with van der Waals surface area (Å²) in [4.78, 5) is 34.6. The zero-order chi connectivity index (χ0) is 22.1. The Morgan fingerprint density at radius 2 is 1.80 bits per heavy atom. The molecule has 0 saturated carbocycles. The number of carbonyl (C=O) groups is 2. The molecule has 0 bridgehead atoms. The summed E-state index contributed by atoms with van der Waals surface area (Å²) in [6.07, 6.45) is -0.548. The molecule has 2 atom stereocenters. The van der Waals surface area contributed by atoms with Crippen molar-refractivity contribution in [1.82, 2.24) is 5.32 Å². The number of nitrogens with one attached hydrogen (secondary N) is 2. The van der Waals surface area contributed by atoms with Crippen molar-refractivity contribution in [2.75, 3.05) is 11.9 Å². The smallest absolute Gasteiger partial charge is 0.306 e. The summed E-state index contributed by atoms with van der Waals surface area (Å²) in [6.45, 7) is 3.55. The number of esters is 1. The van der Waals surface area contributed by atoms with Gasteiger partial charge in [0.25, 0.3) is 11.6 Å². The van der Waals surface area contributed by atoms with Crippen molar-refractivity contribution >= 4 is 23.3 Å². The lowest BCUT2D eigenvalue weighted by Crippen LogP contribution is -2.37. The van der Waals surface area contributed by atoms with Crippen LogP contribution in [0.5, 0.6) is 0 Å². The van der Waals surface area contributed by atoms with Crippen molar-refractivity contribution in [3.05, 3.63) is 70.0 Å². The average Bonchev–Trinajstić information content (AvgIpc) is 2.71. The van der Waals surface area contributed by atoms with Gasteiger partial charge in [-0.05, 0) is 44.0 Å². The van der Waals surface area contributed by atoms with Gasteiger partial charge in [0.05, 0.1) is 11.0 Å². The van der Waals surface area contributed by atoms with E-state index in [-0.39, 0.29) is 24.0 Å². The van der Waals surface area contributed by atoms with Crippen LogP contribution in [-0.4, -0.2) is 29.4 Å². The monoisotopic (exact) mass is 417 g/mol. The van der Waals surface area contributed by atoms with Crippen LogP contribution < -0.4 is 10.6 Å². The molecule has 9 heteroatoms. The first-order valence-electron chi connectivity index (χ1n) is 9.50. The fourth-order valence-corrected chi connectivity index (χ4v) is 2.71.